The predicted molar refractivity (Wildman–Crippen MR) is 310 cm³/mol. The van der Waals surface area contributed by atoms with Crippen molar-refractivity contribution in [1.82, 2.24) is 29.6 Å². The highest BCUT2D eigenvalue weighted by Gasteiger charge is 2.49. The van der Waals surface area contributed by atoms with Crippen LogP contribution in [0.3, 0.4) is 0 Å². The molecule has 16 nitrogen and oxygen atoms in total. The molecule has 0 bridgehead atoms. The van der Waals surface area contributed by atoms with Gasteiger partial charge in [0.05, 0.1) is 23.2 Å². The number of anilines is 2. The molecule has 3 amide bonds. The molecule has 0 saturated carbocycles. The predicted octanol–water partition coefficient (Wildman–Crippen LogP) is 8.01. The minimum Gasteiger partial charge on any atom is -0.380 e. The number of halogens is 4. The van der Waals surface area contributed by atoms with Crippen LogP contribution in [0.4, 0.5) is 24.5 Å². The minimum atomic E-state index is -6.09. The number of piperazine rings is 2. The van der Waals surface area contributed by atoms with Crippen LogP contribution in [0.5, 0.6) is 0 Å². The highest BCUT2D eigenvalue weighted by molar-refractivity contribution is 7.99. The zero-order valence-corrected chi connectivity index (χ0v) is 49.0. The molecule has 0 radical (unpaired) electrons. The van der Waals surface area contributed by atoms with Crippen LogP contribution in [0.2, 0.25) is 5.02 Å². The van der Waals surface area contributed by atoms with E-state index in [2.05, 4.69) is 61.1 Å². The molecule has 438 valence electrons. The first-order valence-electron chi connectivity index (χ1n) is 27.8. The van der Waals surface area contributed by atoms with E-state index in [0.717, 1.165) is 101 Å². The summed E-state index contributed by atoms with van der Waals surface area (Å²) < 4.78 is 104. The number of allylic oxidation sites excluding steroid dienone is 1. The van der Waals surface area contributed by atoms with E-state index < -0.39 is 52.8 Å². The van der Waals surface area contributed by atoms with Gasteiger partial charge >= 0.3 is 5.51 Å². The lowest BCUT2D eigenvalue weighted by molar-refractivity contribution is -0.138. The summed E-state index contributed by atoms with van der Waals surface area (Å²) in [4.78, 5) is 48.5. The van der Waals surface area contributed by atoms with Crippen LogP contribution in [0.1, 0.15) is 74.7 Å². The van der Waals surface area contributed by atoms with Crippen molar-refractivity contribution in [2.24, 2.45) is 5.41 Å². The summed E-state index contributed by atoms with van der Waals surface area (Å²) in [5.41, 5.74) is -1.44. The number of benzene rings is 4. The van der Waals surface area contributed by atoms with Gasteiger partial charge in [-0.15, -0.1) is 11.8 Å². The van der Waals surface area contributed by atoms with E-state index >= 15 is 0 Å². The number of alkyl halides is 3. The third kappa shape index (κ3) is 15.4. The van der Waals surface area contributed by atoms with E-state index in [1.807, 2.05) is 47.2 Å². The number of imide groups is 1. The average Bonchev–Trinajstić information content (AvgIpc) is 3.83. The lowest BCUT2D eigenvalue weighted by Gasteiger charge is -2.48. The van der Waals surface area contributed by atoms with Crippen molar-refractivity contribution in [1.29, 1.82) is 0 Å². The van der Waals surface area contributed by atoms with E-state index in [4.69, 9.17) is 16.3 Å². The van der Waals surface area contributed by atoms with Gasteiger partial charge in [-0.05, 0) is 129 Å². The van der Waals surface area contributed by atoms with Gasteiger partial charge in [0, 0.05) is 131 Å². The normalized spacial score (nSPS) is 23.0. The van der Waals surface area contributed by atoms with Crippen LogP contribution < -0.4 is 20.3 Å². The first-order chi connectivity index (χ1) is 38.6. The van der Waals surface area contributed by atoms with Gasteiger partial charge in [-0.25, -0.2) is 21.6 Å². The van der Waals surface area contributed by atoms with Crippen molar-refractivity contribution >= 4 is 77.9 Å². The van der Waals surface area contributed by atoms with Gasteiger partial charge in [0.1, 0.15) is 4.90 Å². The molecule has 1 unspecified atom stereocenters. The summed E-state index contributed by atoms with van der Waals surface area (Å²) in [6.45, 7) is 14.7. The van der Waals surface area contributed by atoms with Crippen molar-refractivity contribution in [2.75, 3.05) is 108 Å². The molecule has 81 heavy (non-hydrogen) atoms. The Morgan fingerprint density at radius 1 is 0.877 bits per heavy atom. The van der Waals surface area contributed by atoms with Gasteiger partial charge in [0.2, 0.25) is 11.8 Å². The standard InChI is InChI=1S/C58H72ClF3N8O8S3/c1-41-37-69(52-19-20-54(71)64-56(52)73)30-31-70(41)40-57(2)23-21-50(42-9-13-45(59)14-10-42)44(36-57)38-67-26-28-68(29-27-67)47-15-11-43(12-16-47)55(72)65-81(76,77)49-17-18-51(53(35-49)80(74,75)58(60,61)62)63-46(39-79-48-7-4-3-5-8-48)22-25-66-24-6-33-78-34-32-66/h3-5,7-18,35,41,46,52,63H,6,19-34,36-40H2,1-2H3,(H,65,72)(H,64,71,73)/t41-,46-,52?,57-/m1/s1. The van der Waals surface area contributed by atoms with E-state index in [-0.39, 0.29) is 34.9 Å². The van der Waals surface area contributed by atoms with E-state index in [1.165, 1.54) is 40.6 Å². The summed E-state index contributed by atoms with van der Waals surface area (Å²) in [7, 11) is -11.0. The second-order valence-corrected chi connectivity index (χ2v) is 27.4. The summed E-state index contributed by atoms with van der Waals surface area (Å²) in [6, 6.07) is 25.7. The molecule has 0 spiro atoms. The van der Waals surface area contributed by atoms with Crippen LogP contribution in [0, 0.1) is 5.41 Å². The highest BCUT2D eigenvalue weighted by atomic mass is 35.5. The number of sulfonamides is 1. The molecular formula is C58H72ClF3N8O8S3. The number of carbonyl (C=O) groups excluding carboxylic acids is 3. The molecule has 4 aromatic rings. The number of thioether (sulfide) groups is 1. The van der Waals surface area contributed by atoms with Crippen molar-refractivity contribution in [2.45, 2.75) is 97.1 Å². The Bertz CT molecular complexity index is 3130. The molecule has 1 aliphatic carbocycles. The molecular weight excluding hydrogens is 1130 g/mol. The zero-order chi connectivity index (χ0) is 57.5. The molecule has 4 aromatic carbocycles. The van der Waals surface area contributed by atoms with Gasteiger partial charge in [-0.2, -0.15) is 13.2 Å². The van der Waals surface area contributed by atoms with Gasteiger partial charge < -0.3 is 19.9 Å². The molecule has 3 N–H and O–H groups in total. The molecule has 4 aliphatic heterocycles. The van der Waals surface area contributed by atoms with Gasteiger partial charge in [0.25, 0.3) is 25.8 Å². The van der Waals surface area contributed by atoms with Crippen molar-refractivity contribution in [3.63, 3.8) is 0 Å². The third-order valence-corrected chi connectivity index (χ3v) is 20.6. The van der Waals surface area contributed by atoms with Crippen molar-refractivity contribution in [3.05, 3.63) is 119 Å². The topological polar surface area (TPSA) is 181 Å². The fourth-order valence-corrected chi connectivity index (χ4v) is 14.9. The van der Waals surface area contributed by atoms with E-state index in [1.54, 1.807) is 12.1 Å². The molecule has 4 fully saturated rings. The maximum Gasteiger partial charge on any atom is 0.501 e. The summed E-state index contributed by atoms with van der Waals surface area (Å²) in [6.07, 6.45) is 5.03. The Kier molecular flexibility index (Phi) is 19.6. The second kappa shape index (κ2) is 26.3. The van der Waals surface area contributed by atoms with E-state index in [9.17, 15) is 44.4 Å². The Balaban J connectivity index is 0.832. The number of rotatable bonds is 19. The Hall–Kier alpha value is -5.04. The highest BCUT2D eigenvalue weighted by Crippen LogP contribution is 2.45. The number of sulfone groups is 1. The maximum atomic E-state index is 14.3. The van der Waals surface area contributed by atoms with Crippen LogP contribution in [-0.2, 0) is 34.2 Å². The summed E-state index contributed by atoms with van der Waals surface area (Å²) >= 11 is 7.79. The number of carbonyl (C=O) groups is 3. The molecule has 23 heteroatoms. The first-order valence-corrected chi connectivity index (χ1v) is 32.1. The Morgan fingerprint density at radius 3 is 2.32 bits per heavy atom. The SMILES string of the molecule is C[C@@H]1CN(C2CCC(=O)NC2=O)CCN1C[C@]1(C)CCC(c2ccc(Cl)cc2)=C(CN2CCN(c3ccc(C(=O)NS(=O)(=O)c4ccc(N[C@H](CCN5CCCOCC5)CSc5ccccc5)c(S(=O)(=O)C(F)(F)F)c4)cc3)CC2)C1. The lowest BCUT2D eigenvalue weighted by Crippen LogP contribution is -2.61. The lowest BCUT2D eigenvalue weighted by atomic mass is 9.71. The van der Waals surface area contributed by atoms with E-state index in [0.29, 0.717) is 75.5 Å². The number of nitrogens with one attached hydrogen (secondary N) is 3. The van der Waals surface area contributed by atoms with Crippen LogP contribution in [-0.4, -0.2) is 175 Å². The van der Waals surface area contributed by atoms with Crippen molar-refractivity contribution < 1.29 is 49.1 Å². The molecule has 9 rings (SSSR count). The Morgan fingerprint density at radius 2 is 1.62 bits per heavy atom. The molecule has 4 atom stereocenters. The zero-order valence-electron chi connectivity index (χ0n) is 45.8. The number of ether oxygens (including phenoxy) is 1. The second-order valence-electron chi connectivity index (χ2n) is 22.3. The summed E-state index contributed by atoms with van der Waals surface area (Å²) in [5, 5.41) is 6.21. The molecule has 4 heterocycles. The summed E-state index contributed by atoms with van der Waals surface area (Å²) in [5.74, 6) is -1.08. The van der Waals surface area contributed by atoms with Crippen molar-refractivity contribution in [3.8, 4) is 0 Å². The minimum absolute atomic E-state index is 0.0134. The van der Waals surface area contributed by atoms with Gasteiger partial charge in [0.15, 0.2) is 0 Å². The molecule has 0 aromatic heterocycles. The van der Waals surface area contributed by atoms with Crippen LogP contribution in [0.15, 0.2) is 117 Å². The number of piperidine rings is 1. The maximum absolute atomic E-state index is 14.3. The number of amides is 3. The molecule has 4 saturated heterocycles. The molecule has 5 aliphatic rings. The third-order valence-electron chi connectivity index (χ3n) is 16.3. The van der Waals surface area contributed by atoms with Crippen LogP contribution >= 0.6 is 23.4 Å². The number of hydrogen-bond donors (Lipinski definition) is 3. The first kappa shape index (κ1) is 60.5. The fourth-order valence-electron chi connectivity index (χ4n) is 11.8. The number of nitrogens with zero attached hydrogens (tertiary/aromatic N) is 5. The fraction of sp³-hybridized carbons (Fsp3) is 0.500. The Labute approximate surface area is 483 Å². The quantitative estimate of drug-likeness (QED) is 0.0607. The largest absolute Gasteiger partial charge is 0.501 e. The van der Waals surface area contributed by atoms with Gasteiger partial charge in [-0.3, -0.25) is 34.4 Å². The smallest absolute Gasteiger partial charge is 0.380 e. The average molecular weight is 1200 g/mol. The number of hydrogen-bond acceptors (Lipinski definition) is 15. The monoisotopic (exact) mass is 1200 g/mol. The van der Waals surface area contributed by atoms with Crippen LogP contribution in [0.25, 0.3) is 5.57 Å². The van der Waals surface area contributed by atoms with Gasteiger partial charge in [-0.1, -0.05) is 54.4 Å².